The minimum absolute atomic E-state index is 0.0429. The van der Waals surface area contributed by atoms with E-state index in [1.807, 2.05) is 0 Å². The van der Waals surface area contributed by atoms with Crippen molar-refractivity contribution in [2.45, 2.75) is 6.18 Å². The third-order valence-electron chi connectivity index (χ3n) is 4.39. The lowest BCUT2D eigenvalue weighted by atomic mass is 10.2. The van der Waals surface area contributed by atoms with Gasteiger partial charge in [0.05, 0.1) is 21.6 Å². The second kappa shape index (κ2) is 8.91. The Balaban J connectivity index is 1.47. The van der Waals surface area contributed by atoms with Gasteiger partial charge < -0.3 is 15.4 Å². The van der Waals surface area contributed by atoms with Crippen molar-refractivity contribution < 1.29 is 27.1 Å². The average molecular weight is 477 g/mol. The van der Waals surface area contributed by atoms with E-state index in [2.05, 4.69) is 20.6 Å². The number of rotatable bonds is 4. The molecule has 3 aromatic carbocycles. The fourth-order valence-corrected chi connectivity index (χ4v) is 3.20. The summed E-state index contributed by atoms with van der Waals surface area (Å²) in [7, 11) is 0. The molecular weight excluding hydrogens is 464 g/mol. The van der Waals surface area contributed by atoms with Crippen LogP contribution in [0.25, 0.3) is 11.0 Å². The Labute approximate surface area is 189 Å². The molecule has 33 heavy (non-hydrogen) atoms. The van der Waals surface area contributed by atoms with Crippen LogP contribution < -0.4 is 15.4 Å². The van der Waals surface area contributed by atoms with Gasteiger partial charge in [-0.05, 0) is 42.5 Å². The number of aromatic nitrogens is 2. The molecule has 0 saturated heterocycles. The molecule has 0 saturated carbocycles. The molecule has 0 aliphatic rings. The second-order valence-corrected chi connectivity index (χ2v) is 7.13. The van der Waals surface area contributed by atoms with E-state index in [9.17, 15) is 22.4 Å². The van der Waals surface area contributed by atoms with Gasteiger partial charge in [0.1, 0.15) is 5.75 Å². The highest BCUT2D eigenvalue weighted by atomic mass is 35.5. The van der Waals surface area contributed by atoms with Gasteiger partial charge in [-0.3, -0.25) is 9.97 Å². The van der Waals surface area contributed by atoms with Crippen LogP contribution in [0.15, 0.2) is 67.0 Å². The molecule has 0 radical (unpaired) electrons. The molecule has 168 valence electrons. The highest BCUT2D eigenvalue weighted by Crippen LogP contribution is 2.36. The zero-order valence-electron chi connectivity index (χ0n) is 16.5. The molecule has 6 nitrogen and oxygen atoms in total. The highest BCUT2D eigenvalue weighted by Gasteiger charge is 2.33. The molecule has 0 fully saturated rings. The minimum Gasteiger partial charge on any atom is -0.454 e. The van der Waals surface area contributed by atoms with Crippen LogP contribution in [0, 0.1) is 5.82 Å². The van der Waals surface area contributed by atoms with Crippen molar-refractivity contribution in [3.05, 3.63) is 83.4 Å². The molecule has 4 aromatic rings. The molecule has 2 amide bonds. The Morgan fingerprint density at radius 3 is 2.24 bits per heavy atom. The van der Waals surface area contributed by atoms with Crippen LogP contribution in [-0.4, -0.2) is 16.0 Å². The molecule has 0 unspecified atom stereocenters. The number of hydrogen-bond acceptors (Lipinski definition) is 4. The number of benzene rings is 3. The summed E-state index contributed by atoms with van der Waals surface area (Å²) >= 11 is 5.65. The number of hydrogen-bond donors (Lipinski definition) is 2. The first-order chi connectivity index (χ1) is 15.7. The molecule has 1 aromatic heterocycles. The molecule has 2 N–H and O–H groups in total. The summed E-state index contributed by atoms with van der Waals surface area (Å²) in [6.07, 6.45) is -1.55. The number of fused-ring (bicyclic) bond motifs is 1. The lowest BCUT2D eigenvalue weighted by Gasteiger charge is -2.13. The first kappa shape index (κ1) is 22.3. The molecule has 1 heterocycles. The quantitative estimate of drug-likeness (QED) is 0.315. The van der Waals surface area contributed by atoms with E-state index in [4.69, 9.17) is 16.3 Å². The van der Waals surface area contributed by atoms with Crippen molar-refractivity contribution in [1.82, 2.24) is 9.97 Å². The molecule has 11 heteroatoms. The first-order valence-corrected chi connectivity index (χ1v) is 9.70. The van der Waals surface area contributed by atoms with E-state index in [1.54, 1.807) is 24.4 Å². The fraction of sp³-hybridized carbons (Fsp3) is 0.0455. The number of amides is 2. The lowest BCUT2D eigenvalue weighted by Crippen LogP contribution is -2.19. The maximum Gasteiger partial charge on any atom is 0.417 e. The SMILES string of the molecule is O=C(Nc1ccc(C(F)(F)F)c(Cl)c1)Nc1ccc(F)c(Oc2ccc3nccnc3c2)c1. The van der Waals surface area contributed by atoms with E-state index >= 15 is 0 Å². The Kier molecular flexibility index (Phi) is 6.01. The maximum absolute atomic E-state index is 14.2. The number of urea groups is 1. The van der Waals surface area contributed by atoms with Crippen LogP contribution in [0.5, 0.6) is 11.5 Å². The van der Waals surface area contributed by atoms with Crippen molar-refractivity contribution in [3.8, 4) is 11.5 Å². The molecule has 0 spiro atoms. The Morgan fingerprint density at radius 1 is 0.879 bits per heavy atom. The zero-order valence-corrected chi connectivity index (χ0v) is 17.2. The number of carbonyl (C=O) groups is 1. The van der Waals surface area contributed by atoms with Crippen LogP contribution in [0.3, 0.4) is 0 Å². The number of carbonyl (C=O) groups excluding carboxylic acids is 1. The van der Waals surface area contributed by atoms with Gasteiger partial charge in [-0.15, -0.1) is 0 Å². The summed E-state index contributed by atoms with van der Waals surface area (Å²) in [6, 6.07) is 10.5. The normalized spacial score (nSPS) is 11.3. The van der Waals surface area contributed by atoms with E-state index < -0.39 is 28.6 Å². The fourth-order valence-electron chi connectivity index (χ4n) is 2.91. The highest BCUT2D eigenvalue weighted by molar-refractivity contribution is 6.31. The van der Waals surface area contributed by atoms with Gasteiger partial charge >= 0.3 is 12.2 Å². The van der Waals surface area contributed by atoms with Gasteiger partial charge in [-0.2, -0.15) is 13.2 Å². The van der Waals surface area contributed by atoms with Crippen LogP contribution in [0.1, 0.15) is 5.56 Å². The number of alkyl halides is 3. The van der Waals surface area contributed by atoms with Crippen molar-refractivity contribution in [2.24, 2.45) is 0 Å². The Bertz CT molecular complexity index is 1350. The van der Waals surface area contributed by atoms with Crippen molar-refractivity contribution in [1.29, 1.82) is 0 Å². The van der Waals surface area contributed by atoms with Gasteiger partial charge in [-0.1, -0.05) is 11.6 Å². The van der Waals surface area contributed by atoms with Crippen molar-refractivity contribution in [3.63, 3.8) is 0 Å². The molecular formula is C22H13ClF4N4O2. The van der Waals surface area contributed by atoms with Gasteiger partial charge in [0, 0.05) is 35.9 Å². The number of halogens is 5. The summed E-state index contributed by atoms with van der Waals surface area (Å²) in [4.78, 5) is 20.5. The van der Waals surface area contributed by atoms with Gasteiger partial charge in [0.2, 0.25) is 0 Å². The average Bonchev–Trinajstić information content (AvgIpc) is 2.75. The molecule has 0 bridgehead atoms. The van der Waals surface area contributed by atoms with Crippen LogP contribution in [0.4, 0.5) is 33.7 Å². The number of nitrogens with zero attached hydrogens (tertiary/aromatic N) is 2. The third-order valence-corrected chi connectivity index (χ3v) is 4.70. The first-order valence-electron chi connectivity index (χ1n) is 9.32. The monoisotopic (exact) mass is 476 g/mol. The summed E-state index contributed by atoms with van der Waals surface area (Å²) < 4.78 is 58.2. The summed E-state index contributed by atoms with van der Waals surface area (Å²) in [5.74, 6) is -0.522. The van der Waals surface area contributed by atoms with E-state index in [-0.39, 0.29) is 17.1 Å². The number of anilines is 2. The second-order valence-electron chi connectivity index (χ2n) is 6.73. The predicted molar refractivity (Wildman–Crippen MR) is 115 cm³/mol. The van der Waals surface area contributed by atoms with Crippen LogP contribution in [0.2, 0.25) is 5.02 Å². The van der Waals surface area contributed by atoms with E-state index in [1.165, 1.54) is 18.3 Å². The summed E-state index contributed by atoms with van der Waals surface area (Å²) in [5, 5.41) is 4.26. The lowest BCUT2D eigenvalue weighted by molar-refractivity contribution is -0.137. The number of ether oxygens (including phenoxy) is 1. The van der Waals surface area contributed by atoms with Gasteiger partial charge in [-0.25, -0.2) is 9.18 Å². The standard InChI is InChI=1S/C22H13ClF4N4O2/c23-16-9-12(1-4-15(16)22(25,26)27)30-21(32)31-13-2-5-17(24)20(10-13)33-14-3-6-18-19(11-14)29-8-7-28-18/h1-11H,(H2,30,31,32). The van der Waals surface area contributed by atoms with E-state index in [0.717, 1.165) is 24.3 Å². The molecule has 0 aliphatic carbocycles. The van der Waals surface area contributed by atoms with Crippen LogP contribution in [-0.2, 0) is 6.18 Å². The Morgan fingerprint density at radius 2 is 1.55 bits per heavy atom. The van der Waals surface area contributed by atoms with Crippen molar-refractivity contribution in [2.75, 3.05) is 10.6 Å². The maximum atomic E-state index is 14.2. The van der Waals surface area contributed by atoms with Crippen molar-refractivity contribution >= 4 is 40.0 Å². The minimum atomic E-state index is -4.61. The Hall–Kier alpha value is -3.92. The molecule has 4 rings (SSSR count). The summed E-state index contributed by atoms with van der Waals surface area (Å²) in [6.45, 7) is 0. The molecule has 0 atom stereocenters. The smallest absolute Gasteiger partial charge is 0.417 e. The number of nitrogens with one attached hydrogen (secondary N) is 2. The van der Waals surface area contributed by atoms with E-state index in [0.29, 0.717) is 16.8 Å². The van der Waals surface area contributed by atoms with Gasteiger partial charge in [0.15, 0.2) is 11.6 Å². The predicted octanol–water partition coefficient (Wildman–Crippen LogP) is 6.88. The zero-order chi connectivity index (χ0) is 23.6. The topological polar surface area (TPSA) is 76.1 Å². The largest absolute Gasteiger partial charge is 0.454 e. The molecule has 0 aliphatic heterocycles. The third kappa shape index (κ3) is 5.29. The van der Waals surface area contributed by atoms with Crippen LogP contribution >= 0.6 is 11.6 Å². The summed E-state index contributed by atoms with van der Waals surface area (Å²) in [5.41, 5.74) is 0.402. The van der Waals surface area contributed by atoms with Gasteiger partial charge in [0.25, 0.3) is 0 Å².